The number of benzene rings is 7. The molecule has 0 saturated heterocycles. The smallest absolute Gasteiger partial charge is 0.0542 e. The largest absolute Gasteiger partial charge is 0.309 e. The van der Waals surface area contributed by atoms with Gasteiger partial charge < -0.3 is 9.13 Å². The van der Waals surface area contributed by atoms with E-state index in [1.165, 1.54) is 66.0 Å². The van der Waals surface area contributed by atoms with Crippen LogP contribution in [0.2, 0.25) is 0 Å². The zero-order valence-electron chi connectivity index (χ0n) is 28.3. The van der Waals surface area contributed by atoms with E-state index in [0.29, 0.717) is 0 Å². The van der Waals surface area contributed by atoms with Gasteiger partial charge in [-0.05, 0) is 94.9 Å². The Morgan fingerprint density at radius 1 is 0.471 bits per heavy atom. The Balaban J connectivity index is 1.15. The van der Waals surface area contributed by atoms with Gasteiger partial charge in [0, 0.05) is 33.3 Å². The fourth-order valence-electron chi connectivity index (χ4n) is 7.61. The Kier molecular flexibility index (Phi) is 7.46. The molecule has 7 aromatic carbocycles. The lowest BCUT2D eigenvalue weighted by molar-refractivity contribution is 1.18. The number of terminal acetylenes is 1. The summed E-state index contributed by atoms with van der Waals surface area (Å²) < 4.78 is 4.66. The minimum atomic E-state index is 0.974. The predicted octanol–water partition coefficient (Wildman–Crippen LogP) is 12.9. The summed E-state index contributed by atoms with van der Waals surface area (Å²) in [6, 6.07) is 59.2. The molecule has 9 rings (SSSR count). The van der Waals surface area contributed by atoms with Crippen LogP contribution in [-0.4, -0.2) is 9.13 Å². The van der Waals surface area contributed by atoms with E-state index in [1.807, 2.05) is 19.1 Å². The van der Waals surface area contributed by atoms with Crippen molar-refractivity contribution in [3.05, 3.63) is 182 Å². The maximum atomic E-state index is 5.76. The van der Waals surface area contributed by atoms with E-state index >= 15 is 0 Å². The minimum absolute atomic E-state index is 0.974. The highest BCUT2D eigenvalue weighted by atomic mass is 15.0. The predicted molar refractivity (Wildman–Crippen MR) is 218 cm³/mol. The van der Waals surface area contributed by atoms with Crippen LogP contribution in [0.5, 0.6) is 0 Å². The van der Waals surface area contributed by atoms with E-state index in [-0.39, 0.29) is 0 Å². The summed E-state index contributed by atoms with van der Waals surface area (Å²) in [5.41, 5.74) is 14.0. The number of aromatic nitrogens is 2. The Bertz CT molecular complexity index is 2850. The van der Waals surface area contributed by atoms with Crippen molar-refractivity contribution in [1.29, 1.82) is 0 Å². The highest BCUT2D eigenvalue weighted by Crippen LogP contribution is 2.39. The third-order valence-corrected chi connectivity index (χ3v) is 9.94. The van der Waals surface area contributed by atoms with E-state index in [2.05, 4.69) is 185 Å². The van der Waals surface area contributed by atoms with Crippen LogP contribution in [0.25, 0.3) is 88.4 Å². The van der Waals surface area contributed by atoms with E-state index < -0.39 is 0 Å². The summed E-state index contributed by atoms with van der Waals surface area (Å²) in [5.74, 6) is 2.74. The van der Waals surface area contributed by atoms with Crippen LogP contribution < -0.4 is 0 Å². The molecule has 9 aromatic rings. The number of hydrogen-bond acceptors (Lipinski definition) is 0. The molecule has 0 amide bonds. The summed E-state index contributed by atoms with van der Waals surface area (Å²) in [6.07, 6.45) is 11.7. The molecule has 0 spiro atoms. The van der Waals surface area contributed by atoms with Crippen molar-refractivity contribution in [2.24, 2.45) is 0 Å². The van der Waals surface area contributed by atoms with Gasteiger partial charge in [-0.2, -0.15) is 0 Å². The Morgan fingerprint density at radius 2 is 0.961 bits per heavy atom. The molecular weight excluding hydrogens is 617 g/mol. The number of nitrogens with zero attached hydrogens (tertiary/aromatic N) is 2. The average molecular weight is 651 g/mol. The van der Waals surface area contributed by atoms with E-state index in [0.717, 1.165) is 22.4 Å². The average Bonchev–Trinajstić information content (AvgIpc) is 3.70. The fraction of sp³-hybridized carbons (Fsp3) is 0.0204. The lowest BCUT2D eigenvalue weighted by atomic mass is 10.00. The van der Waals surface area contributed by atoms with Gasteiger partial charge in [-0.1, -0.05) is 127 Å². The van der Waals surface area contributed by atoms with Crippen molar-refractivity contribution in [3.63, 3.8) is 0 Å². The van der Waals surface area contributed by atoms with Gasteiger partial charge in [0.05, 0.1) is 27.8 Å². The lowest BCUT2D eigenvalue weighted by Gasteiger charge is -2.11. The molecule has 0 aliphatic heterocycles. The number of fused-ring (bicyclic) bond motifs is 6. The normalized spacial score (nSPS) is 12.0. The fourth-order valence-corrected chi connectivity index (χ4v) is 7.61. The van der Waals surface area contributed by atoms with Gasteiger partial charge >= 0.3 is 0 Å². The number of para-hydroxylation sites is 2. The summed E-state index contributed by atoms with van der Waals surface area (Å²) in [4.78, 5) is 0. The molecule has 2 heterocycles. The van der Waals surface area contributed by atoms with Gasteiger partial charge in [-0.15, -0.1) is 6.42 Å². The molecule has 51 heavy (non-hydrogen) atoms. The first-order valence-corrected chi connectivity index (χ1v) is 17.3. The standard InChI is InChI=1S/C49H34N2/c1-3-13-40(14-4-2)50-46-21-10-8-19-42(46)44-32-38(27-29-48(44)50)39-28-30-49-45(33-39)43-20-9-11-22-47(43)51(49)41-18-12-17-37(31-41)36-25-23-35(24-26-36)34-15-6-5-7-16-34/h1,4-33H,2H3/b14-4-,40-13+. The van der Waals surface area contributed by atoms with Crippen LogP contribution >= 0.6 is 0 Å². The SMILES string of the molecule is C#C/C=C(\C=C/C)n1c2ccccc2c2cc(-c3ccc4c(c3)c3ccccc3n4-c3cccc(-c4ccc(-c5ccccc5)cc4)c3)ccc21. The van der Waals surface area contributed by atoms with Gasteiger partial charge in [0.25, 0.3) is 0 Å². The van der Waals surface area contributed by atoms with Crippen LogP contribution in [0.15, 0.2) is 182 Å². The molecule has 0 radical (unpaired) electrons. The summed E-state index contributed by atoms with van der Waals surface area (Å²) in [6.45, 7) is 2.02. The number of allylic oxidation sites excluding steroid dienone is 4. The van der Waals surface area contributed by atoms with Gasteiger partial charge in [0.15, 0.2) is 0 Å². The van der Waals surface area contributed by atoms with Gasteiger partial charge in [0.2, 0.25) is 0 Å². The third kappa shape index (κ3) is 5.16. The molecule has 0 bridgehead atoms. The van der Waals surface area contributed by atoms with Crippen molar-refractivity contribution in [2.45, 2.75) is 6.92 Å². The van der Waals surface area contributed by atoms with Crippen LogP contribution in [-0.2, 0) is 0 Å². The Morgan fingerprint density at radius 3 is 1.67 bits per heavy atom. The number of hydrogen-bond donors (Lipinski definition) is 0. The first-order valence-electron chi connectivity index (χ1n) is 17.3. The molecule has 0 N–H and O–H groups in total. The molecule has 0 unspecified atom stereocenters. The maximum Gasteiger partial charge on any atom is 0.0542 e. The highest BCUT2D eigenvalue weighted by Gasteiger charge is 2.16. The second-order valence-corrected chi connectivity index (χ2v) is 12.9. The van der Waals surface area contributed by atoms with E-state index in [9.17, 15) is 0 Å². The van der Waals surface area contributed by atoms with Crippen molar-refractivity contribution in [2.75, 3.05) is 0 Å². The van der Waals surface area contributed by atoms with Crippen molar-refractivity contribution in [1.82, 2.24) is 9.13 Å². The molecular formula is C49H34N2. The van der Waals surface area contributed by atoms with Crippen molar-refractivity contribution < 1.29 is 0 Å². The molecule has 240 valence electrons. The monoisotopic (exact) mass is 650 g/mol. The van der Waals surface area contributed by atoms with E-state index in [1.54, 1.807) is 0 Å². The van der Waals surface area contributed by atoms with Crippen LogP contribution in [0, 0.1) is 12.3 Å². The first-order chi connectivity index (χ1) is 25.2. The summed E-state index contributed by atoms with van der Waals surface area (Å²) >= 11 is 0. The molecule has 2 nitrogen and oxygen atoms in total. The van der Waals surface area contributed by atoms with Crippen LogP contribution in [0.4, 0.5) is 0 Å². The topological polar surface area (TPSA) is 9.86 Å². The molecule has 0 saturated carbocycles. The van der Waals surface area contributed by atoms with Crippen LogP contribution in [0.3, 0.4) is 0 Å². The second-order valence-electron chi connectivity index (χ2n) is 12.9. The summed E-state index contributed by atoms with van der Waals surface area (Å²) in [7, 11) is 0. The van der Waals surface area contributed by atoms with Crippen molar-refractivity contribution >= 4 is 49.3 Å². The van der Waals surface area contributed by atoms with Gasteiger partial charge in [-0.3, -0.25) is 0 Å². The second kappa shape index (κ2) is 12.6. The van der Waals surface area contributed by atoms with Gasteiger partial charge in [-0.25, -0.2) is 0 Å². The molecule has 0 aliphatic carbocycles. The zero-order chi connectivity index (χ0) is 34.3. The maximum absolute atomic E-state index is 5.76. The first kappa shape index (κ1) is 30.3. The summed E-state index contributed by atoms with van der Waals surface area (Å²) in [5, 5.41) is 4.87. The molecule has 2 heteroatoms. The zero-order valence-corrected chi connectivity index (χ0v) is 28.3. The van der Waals surface area contributed by atoms with Crippen LogP contribution in [0.1, 0.15) is 6.92 Å². The Labute approximate surface area is 297 Å². The van der Waals surface area contributed by atoms with E-state index in [4.69, 9.17) is 6.42 Å². The Hall–Kier alpha value is -6.82. The number of rotatable bonds is 6. The molecule has 2 aromatic heterocycles. The van der Waals surface area contributed by atoms with Gasteiger partial charge in [0.1, 0.15) is 0 Å². The lowest BCUT2D eigenvalue weighted by Crippen LogP contribution is -1.94. The molecule has 0 aliphatic rings. The molecule has 0 atom stereocenters. The van der Waals surface area contributed by atoms with Crippen molar-refractivity contribution in [3.8, 4) is 51.4 Å². The highest BCUT2D eigenvalue weighted by molar-refractivity contribution is 6.13. The third-order valence-electron chi connectivity index (χ3n) is 9.94. The minimum Gasteiger partial charge on any atom is -0.309 e. The quantitative estimate of drug-likeness (QED) is 0.125. The molecule has 0 fully saturated rings.